The molecule has 0 aliphatic carbocycles. The summed E-state index contributed by atoms with van der Waals surface area (Å²) in [6.07, 6.45) is 1.59. The van der Waals surface area contributed by atoms with Crippen molar-refractivity contribution in [3.8, 4) is 0 Å². The van der Waals surface area contributed by atoms with Crippen LogP contribution < -0.4 is 11.1 Å². The van der Waals surface area contributed by atoms with Crippen LogP contribution in [-0.2, 0) is 9.53 Å². The first-order chi connectivity index (χ1) is 8.68. The number of morpholine rings is 1. The Balaban J connectivity index is 2.30. The van der Waals surface area contributed by atoms with Crippen LogP contribution in [0.15, 0.2) is 0 Å². The summed E-state index contributed by atoms with van der Waals surface area (Å²) in [5.41, 5.74) is 5.37. The second-order valence-electron chi connectivity index (χ2n) is 4.90. The zero-order valence-electron chi connectivity index (χ0n) is 11.7. The second-order valence-corrected chi connectivity index (χ2v) is 4.90. The minimum Gasteiger partial charge on any atom is -0.379 e. The van der Waals surface area contributed by atoms with Gasteiger partial charge in [0.2, 0.25) is 5.91 Å². The van der Waals surface area contributed by atoms with Crippen LogP contribution in [0.1, 0.15) is 26.7 Å². The number of carbonyl (C=O) groups is 1. The van der Waals surface area contributed by atoms with Crippen molar-refractivity contribution in [3.63, 3.8) is 0 Å². The topological polar surface area (TPSA) is 67.6 Å². The molecule has 5 heteroatoms. The smallest absolute Gasteiger partial charge is 0.227 e. The number of nitrogens with one attached hydrogen (secondary N) is 1. The molecule has 0 saturated carbocycles. The molecule has 1 rings (SSSR count). The largest absolute Gasteiger partial charge is 0.379 e. The SMILES string of the molecule is CCC(CC)(CN)C(=O)NCCN1CCOCC1. The highest BCUT2D eigenvalue weighted by molar-refractivity contribution is 5.82. The summed E-state index contributed by atoms with van der Waals surface area (Å²) in [6, 6.07) is 0. The van der Waals surface area contributed by atoms with Crippen LogP contribution in [0, 0.1) is 5.41 Å². The monoisotopic (exact) mass is 257 g/mol. The number of ether oxygens (including phenoxy) is 1. The molecule has 0 aromatic rings. The molecule has 0 bridgehead atoms. The standard InChI is InChI=1S/C13H27N3O2/c1-3-13(4-2,11-14)12(17)15-5-6-16-7-9-18-10-8-16/h3-11,14H2,1-2H3,(H,15,17). The van der Waals surface area contributed by atoms with Crippen LogP contribution in [0.3, 0.4) is 0 Å². The Labute approximate surface area is 110 Å². The maximum atomic E-state index is 12.2. The Morgan fingerprint density at radius 3 is 2.44 bits per heavy atom. The van der Waals surface area contributed by atoms with E-state index in [0.29, 0.717) is 13.1 Å². The van der Waals surface area contributed by atoms with Crippen molar-refractivity contribution < 1.29 is 9.53 Å². The van der Waals surface area contributed by atoms with E-state index < -0.39 is 0 Å². The lowest BCUT2D eigenvalue weighted by molar-refractivity contribution is -0.131. The van der Waals surface area contributed by atoms with Crippen molar-refractivity contribution in [1.29, 1.82) is 0 Å². The van der Waals surface area contributed by atoms with E-state index in [4.69, 9.17) is 10.5 Å². The minimum absolute atomic E-state index is 0.100. The van der Waals surface area contributed by atoms with Crippen LogP contribution in [-0.4, -0.2) is 56.7 Å². The predicted octanol–water partition coefficient (Wildman–Crippen LogP) is 0.200. The quantitative estimate of drug-likeness (QED) is 0.684. The average molecular weight is 257 g/mol. The summed E-state index contributed by atoms with van der Waals surface area (Å²) in [7, 11) is 0. The maximum Gasteiger partial charge on any atom is 0.227 e. The van der Waals surface area contributed by atoms with Crippen molar-refractivity contribution >= 4 is 5.91 Å². The number of rotatable bonds is 7. The molecule has 1 heterocycles. The van der Waals surface area contributed by atoms with Crippen LogP contribution in [0.25, 0.3) is 0 Å². The number of nitrogens with zero attached hydrogens (tertiary/aromatic N) is 1. The Bertz CT molecular complexity index is 240. The van der Waals surface area contributed by atoms with Crippen molar-refractivity contribution in [2.24, 2.45) is 11.1 Å². The van der Waals surface area contributed by atoms with Gasteiger partial charge in [0, 0.05) is 32.7 Å². The zero-order chi connectivity index (χ0) is 13.4. The minimum atomic E-state index is -0.384. The van der Waals surface area contributed by atoms with Gasteiger partial charge >= 0.3 is 0 Å². The van der Waals surface area contributed by atoms with Gasteiger partial charge in [0.05, 0.1) is 18.6 Å². The van der Waals surface area contributed by atoms with Gasteiger partial charge in [-0.25, -0.2) is 0 Å². The molecule has 0 unspecified atom stereocenters. The molecule has 106 valence electrons. The number of carbonyl (C=O) groups excluding carboxylic acids is 1. The predicted molar refractivity (Wildman–Crippen MR) is 72.3 cm³/mol. The Morgan fingerprint density at radius 1 is 1.33 bits per heavy atom. The third kappa shape index (κ3) is 3.93. The first-order valence-electron chi connectivity index (χ1n) is 6.97. The van der Waals surface area contributed by atoms with E-state index in [1.807, 2.05) is 13.8 Å². The van der Waals surface area contributed by atoms with E-state index in [9.17, 15) is 4.79 Å². The van der Waals surface area contributed by atoms with Gasteiger partial charge in [-0.1, -0.05) is 13.8 Å². The first-order valence-corrected chi connectivity index (χ1v) is 6.97. The molecule has 0 aromatic carbocycles. The molecular weight excluding hydrogens is 230 g/mol. The fraction of sp³-hybridized carbons (Fsp3) is 0.923. The molecule has 3 N–H and O–H groups in total. The van der Waals surface area contributed by atoms with E-state index in [1.54, 1.807) is 0 Å². The molecule has 1 saturated heterocycles. The van der Waals surface area contributed by atoms with Crippen LogP contribution in [0.4, 0.5) is 0 Å². The van der Waals surface area contributed by atoms with Gasteiger partial charge in [0.15, 0.2) is 0 Å². The lowest BCUT2D eigenvalue weighted by Gasteiger charge is -2.30. The third-order valence-electron chi connectivity index (χ3n) is 4.04. The molecule has 1 aliphatic rings. The molecule has 0 spiro atoms. The molecule has 5 nitrogen and oxygen atoms in total. The summed E-state index contributed by atoms with van der Waals surface area (Å²) in [4.78, 5) is 14.5. The normalized spacial score (nSPS) is 17.7. The van der Waals surface area contributed by atoms with Gasteiger partial charge in [-0.3, -0.25) is 9.69 Å². The fourth-order valence-electron chi connectivity index (χ4n) is 2.29. The molecule has 18 heavy (non-hydrogen) atoms. The van der Waals surface area contributed by atoms with E-state index in [0.717, 1.165) is 45.7 Å². The lowest BCUT2D eigenvalue weighted by Crippen LogP contribution is -2.48. The van der Waals surface area contributed by atoms with E-state index in [1.165, 1.54) is 0 Å². The van der Waals surface area contributed by atoms with Crippen molar-refractivity contribution in [3.05, 3.63) is 0 Å². The fourth-order valence-corrected chi connectivity index (χ4v) is 2.29. The lowest BCUT2D eigenvalue weighted by atomic mass is 9.81. The highest BCUT2D eigenvalue weighted by Gasteiger charge is 2.32. The van der Waals surface area contributed by atoms with Crippen LogP contribution in [0.2, 0.25) is 0 Å². The Morgan fingerprint density at radius 2 is 1.94 bits per heavy atom. The molecule has 0 radical (unpaired) electrons. The first kappa shape index (κ1) is 15.4. The van der Waals surface area contributed by atoms with E-state index in [-0.39, 0.29) is 11.3 Å². The van der Waals surface area contributed by atoms with Gasteiger partial charge in [-0.2, -0.15) is 0 Å². The van der Waals surface area contributed by atoms with Crippen molar-refractivity contribution in [2.75, 3.05) is 45.9 Å². The van der Waals surface area contributed by atoms with Gasteiger partial charge in [0.1, 0.15) is 0 Å². The molecule has 0 atom stereocenters. The third-order valence-corrected chi connectivity index (χ3v) is 4.04. The number of nitrogens with two attached hydrogens (primary N) is 1. The van der Waals surface area contributed by atoms with Gasteiger partial charge in [-0.05, 0) is 12.8 Å². The van der Waals surface area contributed by atoms with Crippen LogP contribution in [0.5, 0.6) is 0 Å². The summed E-state index contributed by atoms with van der Waals surface area (Å²) in [6.45, 7) is 9.57. The highest BCUT2D eigenvalue weighted by atomic mass is 16.5. The number of amides is 1. The summed E-state index contributed by atoms with van der Waals surface area (Å²) in [5, 5.41) is 3.02. The van der Waals surface area contributed by atoms with Crippen molar-refractivity contribution in [2.45, 2.75) is 26.7 Å². The van der Waals surface area contributed by atoms with Crippen LogP contribution >= 0.6 is 0 Å². The van der Waals surface area contributed by atoms with E-state index >= 15 is 0 Å². The molecule has 1 aliphatic heterocycles. The summed E-state index contributed by atoms with van der Waals surface area (Å²) < 4.78 is 5.29. The second kappa shape index (κ2) is 7.71. The Kier molecular flexibility index (Phi) is 6.60. The highest BCUT2D eigenvalue weighted by Crippen LogP contribution is 2.24. The van der Waals surface area contributed by atoms with Gasteiger partial charge in [-0.15, -0.1) is 0 Å². The molecule has 1 fully saturated rings. The molecule has 0 aromatic heterocycles. The summed E-state index contributed by atoms with van der Waals surface area (Å²) >= 11 is 0. The van der Waals surface area contributed by atoms with Gasteiger partial charge < -0.3 is 15.8 Å². The number of hydrogen-bond donors (Lipinski definition) is 2. The molecular formula is C13H27N3O2. The van der Waals surface area contributed by atoms with E-state index in [2.05, 4.69) is 10.2 Å². The average Bonchev–Trinajstić information content (AvgIpc) is 2.42. The summed E-state index contributed by atoms with van der Waals surface area (Å²) in [5.74, 6) is 0.100. The van der Waals surface area contributed by atoms with Crippen molar-refractivity contribution in [1.82, 2.24) is 10.2 Å². The molecule has 1 amide bonds. The van der Waals surface area contributed by atoms with Gasteiger partial charge in [0.25, 0.3) is 0 Å². The number of hydrogen-bond acceptors (Lipinski definition) is 4. The Hall–Kier alpha value is -0.650. The zero-order valence-corrected chi connectivity index (χ0v) is 11.7. The maximum absolute atomic E-state index is 12.2.